The van der Waals surface area contributed by atoms with Crippen LogP contribution in [0.15, 0.2) is 48.2 Å². The van der Waals surface area contributed by atoms with E-state index in [-0.39, 0.29) is 11.3 Å². The summed E-state index contributed by atoms with van der Waals surface area (Å²) in [5.41, 5.74) is 2.87. The minimum Gasteiger partial charge on any atom is -0.492 e. The van der Waals surface area contributed by atoms with Gasteiger partial charge in [0.25, 0.3) is 0 Å². The van der Waals surface area contributed by atoms with Gasteiger partial charge in [0.2, 0.25) is 0 Å². The molecule has 1 N–H and O–H groups in total. The molecule has 0 fully saturated rings. The van der Waals surface area contributed by atoms with Crippen LogP contribution in [0.3, 0.4) is 0 Å². The molecule has 2 heterocycles. The summed E-state index contributed by atoms with van der Waals surface area (Å²) in [6, 6.07) is 11.3. The van der Waals surface area contributed by atoms with E-state index in [1.54, 1.807) is 17.8 Å². The second kappa shape index (κ2) is 7.20. The molecule has 4 rings (SSSR count). The maximum atomic E-state index is 12.9. The van der Waals surface area contributed by atoms with Crippen molar-refractivity contribution < 1.29 is 22.7 Å². The first-order chi connectivity index (χ1) is 13.3. The Morgan fingerprint density at radius 2 is 2.07 bits per heavy atom. The number of rotatable bonds is 4. The quantitative estimate of drug-likeness (QED) is 0.729. The molecule has 2 aliphatic rings. The van der Waals surface area contributed by atoms with Crippen molar-refractivity contribution in [3.05, 3.63) is 70.4 Å². The van der Waals surface area contributed by atoms with Crippen molar-refractivity contribution in [3.8, 4) is 5.75 Å². The van der Waals surface area contributed by atoms with E-state index in [1.807, 2.05) is 25.1 Å². The van der Waals surface area contributed by atoms with Gasteiger partial charge in [0.1, 0.15) is 18.6 Å². The molecule has 0 aromatic heterocycles. The van der Waals surface area contributed by atoms with Crippen molar-refractivity contribution in [2.45, 2.75) is 30.8 Å². The first-order valence-corrected chi connectivity index (χ1v) is 9.76. The van der Waals surface area contributed by atoms with Gasteiger partial charge in [0.05, 0.1) is 16.9 Å². The minimum absolute atomic E-state index is 0.0459. The smallest absolute Gasteiger partial charge is 0.416 e. The van der Waals surface area contributed by atoms with E-state index in [4.69, 9.17) is 4.74 Å². The largest absolute Gasteiger partial charge is 0.492 e. The Labute approximate surface area is 165 Å². The summed E-state index contributed by atoms with van der Waals surface area (Å²) in [6.07, 6.45) is -2.97. The fraction of sp³-hybridized carbons (Fsp3) is 0.286. The second-order valence-corrected chi connectivity index (χ2v) is 8.13. The van der Waals surface area contributed by atoms with Gasteiger partial charge >= 0.3 is 6.18 Å². The van der Waals surface area contributed by atoms with Crippen molar-refractivity contribution >= 4 is 23.0 Å². The first kappa shape index (κ1) is 18.9. The number of carbonyl (C=O) groups is 1. The first-order valence-electron chi connectivity index (χ1n) is 8.88. The molecule has 0 amide bonds. The van der Waals surface area contributed by atoms with Crippen LogP contribution in [0.2, 0.25) is 0 Å². The van der Waals surface area contributed by atoms with E-state index < -0.39 is 11.7 Å². The number of ether oxygens (including phenoxy) is 1. The Bertz CT molecular complexity index is 955. The number of hydrogen-bond donors (Lipinski definition) is 1. The van der Waals surface area contributed by atoms with Crippen molar-refractivity contribution in [1.82, 2.24) is 5.32 Å². The standard InChI is InChI=1S/C21H18F3NO2S/c1-12-20(14-5-6-17-15(10-26)11-27-18(17)9-14)28-19(25-12)8-13-3-2-4-16(7-13)21(22,23)24/h2-7,9-10,15,19,25H,8,11H2,1H3. The number of allylic oxidation sites excluding steroid dienone is 1. The number of benzene rings is 2. The fourth-order valence-electron chi connectivity index (χ4n) is 3.52. The van der Waals surface area contributed by atoms with Gasteiger partial charge in [0.15, 0.2) is 0 Å². The van der Waals surface area contributed by atoms with Crippen LogP contribution in [0.1, 0.15) is 35.1 Å². The topological polar surface area (TPSA) is 38.3 Å². The molecular weight excluding hydrogens is 387 g/mol. The zero-order valence-corrected chi connectivity index (χ0v) is 15.9. The number of fused-ring (bicyclic) bond motifs is 1. The van der Waals surface area contributed by atoms with Crippen molar-refractivity contribution in [3.63, 3.8) is 0 Å². The van der Waals surface area contributed by atoms with Gasteiger partial charge in [-0.05, 0) is 30.2 Å². The van der Waals surface area contributed by atoms with Crippen LogP contribution in [0.5, 0.6) is 5.75 Å². The molecule has 0 spiro atoms. The zero-order valence-electron chi connectivity index (χ0n) is 15.0. The maximum Gasteiger partial charge on any atom is 0.416 e. The van der Waals surface area contributed by atoms with E-state index in [0.29, 0.717) is 18.6 Å². The number of thioether (sulfide) groups is 1. The summed E-state index contributed by atoms with van der Waals surface area (Å²) in [7, 11) is 0. The molecule has 2 unspecified atom stereocenters. The molecule has 7 heteroatoms. The molecule has 2 aromatic carbocycles. The highest BCUT2D eigenvalue weighted by molar-refractivity contribution is 8.09. The molecule has 0 bridgehead atoms. The Morgan fingerprint density at radius 1 is 1.25 bits per heavy atom. The minimum atomic E-state index is -4.34. The summed E-state index contributed by atoms with van der Waals surface area (Å²) in [6.45, 7) is 2.32. The van der Waals surface area contributed by atoms with Crippen LogP contribution in [0.4, 0.5) is 13.2 Å². The lowest BCUT2D eigenvalue weighted by atomic mass is 10.0. The van der Waals surface area contributed by atoms with Gasteiger partial charge in [-0.3, -0.25) is 0 Å². The summed E-state index contributed by atoms with van der Waals surface area (Å²) >= 11 is 1.59. The van der Waals surface area contributed by atoms with Crippen LogP contribution in [-0.2, 0) is 17.4 Å². The third kappa shape index (κ3) is 3.63. The van der Waals surface area contributed by atoms with E-state index in [0.717, 1.165) is 39.8 Å². The SMILES string of the molecule is CC1=C(c2ccc3c(c2)OCC3C=O)SC(Cc2cccc(C(F)(F)F)c2)N1. The summed E-state index contributed by atoms with van der Waals surface area (Å²) in [4.78, 5) is 12.1. The average molecular weight is 405 g/mol. The number of alkyl halides is 3. The number of hydrogen-bond acceptors (Lipinski definition) is 4. The predicted molar refractivity (Wildman–Crippen MR) is 103 cm³/mol. The van der Waals surface area contributed by atoms with Crippen molar-refractivity contribution in [2.75, 3.05) is 6.61 Å². The lowest BCUT2D eigenvalue weighted by Gasteiger charge is -2.13. The second-order valence-electron chi connectivity index (χ2n) is 6.91. The number of nitrogens with one attached hydrogen (secondary N) is 1. The van der Waals surface area contributed by atoms with E-state index >= 15 is 0 Å². The maximum absolute atomic E-state index is 12.9. The average Bonchev–Trinajstić information content (AvgIpc) is 3.23. The molecular formula is C21H18F3NO2S. The van der Waals surface area contributed by atoms with Gasteiger partial charge in [0, 0.05) is 22.6 Å². The molecule has 146 valence electrons. The Kier molecular flexibility index (Phi) is 4.87. The van der Waals surface area contributed by atoms with Crippen LogP contribution in [0, 0.1) is 0 Å². The highest BCUT2D eigenvalue weighted by Gasteiger charge is 2.31. The van der Waals surface area contributed by atoms with E-state index in [1.165, 1.54) is 12.1 Å². The lowest BCUT2D eigenvalue weighted by Crippen LogP contribution is -2.21. The highest BCUT2D eigenvalue weighted by Crippen LogP contribution is 2.43. The Hall–Kier alpha value is -2.41. The number of carbonyl (C=O) groups excluding carboxylic acids is 1. The van der Waals surface area contributed by atoms with Gasteiger partial charge < -0.3 is 14.8 Å². The van der Waals surface area contributed by atoms with Crippen molar-refractivity contribution in [2.24, 2.45) is 0 Å². The molecule has 2 aromatic rings. The van der Waals surface area contributed by atoms with Gasteiger partial charge in [-0.15, -0.1) is 0 Å². The van der Waals surface area contributed by atoms with Crippen LogP contribution in [0.25, 0.3) is 4.91 Å². The van der Waals surface area contributed by atoms with Gasteiger partial charge in [-0.2, -0.15) is 13.2 Å². The third-order valence-corrected chi connectivity index (χ3v) is 6.26. The zero-order chi connectivity index (χ0) is 19.9. The lowest BCUT2D eigenvalue weighted by molar-refractivity contribution is -0.137. The molecule has 0 aliphatic carbocycles. The molecule has 2 aliphatic heterocycles. The molecule has 3 nitrogen and oxygen atoms in total. The van der Waals surface area contributed by atoms with Crippen LogP contribution >= 0.6 is 11.8 Å². The van der Waals surface area contributed by atoms with Crippen molar-refractivity contribution in [1.29, 1.82) is 0 Å². The summed E-state index contributed by atoms with van der Waals surface area (Å²) < 4.78 is 44.4. The number of aldehydes is 1. The monoisotopic (exact) mass is 405 g/mol. The van der Waals surface area contributed by atoms with Gasteiger partial charge in [-0.1, -0.05) is 42.1 Å². The molecule has 28 heavy (non-hydrogen) atoms. The van der Waals surface area contributed by atoms with E-state index in [2.05, 4.69) is 5.32 Å². The molecule has 0 radical (unpaired) electrons. The predicted octanol–water partition coefficient (Wildman–Crippen LogP) is 4.97. The van der Waals surface area contributed by atoms with Crippen LogP contribution < -0.4 is 10.1 Å². The molecule has 0 saturated carbocycles. The summed E-state index contributed by atoms with van der Waals surface area (Å²) in [5.74, 6) is 0.499. The van der Waals surface area contributed by atoms with Gasteiger partial charge in [-0.25, -0.2) is 0 Å². The van der Waals surface area contributed by atoms with E-state index in [9.17, 15) is 18.0 Å². The molecule has 2 atom stereocenters. The fourth-order valence-corrected chi connectivity index (χ4v) is 4.82. The normalized spacial score (nSPS) is 21.3. The molecule has 0 saturated heterocycles. The third-order valence-electron chi connectivity index (χ3n) is 4.91. The highest BCUT2D eigenvalue weighted by atomic mass is 32.2. The Morgan fingerprint density at radius 3 is 2.82 bits per heavy atom. The van der Waals surface area contributed by atoms with Crippen LogP contribution in [-0.4, -0.2) is 18.3 Å². The Balaban J connectivity index is 1.50. The summed E-state index contributed by atoms with van der Waals surface area (Å²) in [5, 5.41) is 3.32. The number of halogens is 3.